The highest BCUT2D eigenvalue weighted by molar-refractivity contribution is 9.10. The fourth-order valence-corrected chi connectivity index (χ4v) is 2.96. The van der Waals surface area contributed by atoms with Crippen molar-refractivity contribution in [2.24, 2.45) is 0 Å². The second-order valence-electron chi connectivity index (χ2n) is 5.03. The first-order valence-electron chi connectivity index (χ1n) is 6.81. The first-order valence-corrected chi connectivity index (χ1v) is 7.60. The van der Waals surface area contributed by atoms with Crippen molar-refractivity contribution in [1.29, 1.82) is 0 Å². The van der Waals surface area contributed by atoms with Gasteiger partial charge in [0, 0.05) is 10.5 Å². The zero-order valence-electron chi connectivity index (χ0n) is 12.4. The van der Waals surface area contributed by atoms with Crippen LogP contribution in [0.3, 0.4) is 0 Å². The molecular weight excluding hydrogens is 333 g/mol. The first kappa shape index (κ1) is 16.0. The number of nitrogens with one attached hydrogen (secondary N) is 1. The molecule has 0 saturated heterocycles. The van der Waals surface area contributed by atoms with Crippen LogP contribution in [0.5, 0.6) is 5.75 Å². The molecule has 0 bridgehead atoms. The third-order valence-corrected chi connectivity index (χ3v) is 4.26. The summed E-state index contributed by atoms with van der Waals surface area (Å²) in [5.41, 5.74) is 3.19. The van der Waals surface area contributed by atoms with Crippen LogP contribution in [0, 0.1) is 12.7 Å². The Bertz CT molecular complexity index is 630. The van der Waals surface area contributed by atoms with Gasteiger partial charge >= 0.3 is 0 Å². The van der Waals surface area contributed by atoms with Gasteiger partial charge in [-0.2, -0.15) is 0 Å². The minimum Gasteiger partial charge on any atom is -0.496 e. The summed E-state index contributed by atoms with van der Waals surface area (Å²) in [5.74, 6) is 0.623. The maximum absolute atomic E-state index is 13.5. The van der Waals surface area contributed by atoms with Crippen LogP contribution in [0.1, 0.15) is 22.7 Å². The average molecular weight is 352 g/mol. The van der Waals surface area contributed by atoms with E-state index in [0.29, 0.717) is 0 Å². The number of methoxy groups -OCH3 is 1. The molecule has 0 aliphatic rings. The number of ether oxygens (including phenoxy) is 1. The lowest BCUT2D eigenvalue weighted by atomic mass is 9.97. The molecule has 0 aliphatic carbocycles. The zero-order chi connectivity index (χ0) is 15.4. The zero-order valence-corrected chi connectivity index (χ0v) is 14.0. The van der Waals surface area contributed by atoms with Gasteiger partial charge in [-0.25, -0.2) is 4.39 Å². The van der Waals surface area contributed by atoms with E-state index < -0.39 is 0 Å². The van der Waals surface area contributed by atoms with Crippen molar-refractivity contribution in [1.82, 2.24) is 5.32 Å². The highest BCUT2D eigenvalue weighted by atomic mass is 79.9. The molecule has 0 aliphatic heterocycles. The summed E-state index contributed by atoms with van der Waals surface area (Å²) >= 11 is 3.50. The van der Waals surface area contributed by atoms with Crippen LogP contribution in [-0.2, 0) is 6.42 Å². The summed E-state index contributed by atoms with van der Waals surface area (Å²) in [6.07, 6.45) is 0.726. The van der Waals surface area contributed by atoms with E-state index in [0.717, 1.165) is 27.8 Å². The van der Waals surface area contributed by atoms with E-state index in [2.05, 4.69) is 34.2 Å². The average Bonchev–Trinajstić information content (AvgIpc) is 2.47. The standard InChI is InChI=1S/C17H19BrFNO/c1-11-4-7-17(21-3)12(8-11)9-16(20-2)14-10-13(19)5-6-15(14)18/h4-8,10,16,20H,9H2,1-3H3. The molecule has 21 heavy (non-hydrogen) atoms. The second kappa shape index (κ2) is 7.05. The second-order valence-corrected chi connectivity index (χ2v) is 5.88. The van der Waals surface area contributed by atoms with Crippen LogP contribution >= 0.6 is 15.9 Å². The lowest BCUT2D eigenvalue weighted by Crippen LogP contribution is -2.20. The van der Waals surface area contributed by atoms with Gasteiger partial charge in [0.1, 0.15) is 11.6 Å². The van der Waals surface area contributed by atoms with Crippen LogP contribution < -0.4 is 10.1 Å². The number of halogens is 2. The molecule has 0 saturated carbocycles. The van der Waals surface area contributed by atoms with Crippen molar-refractivity contribution in [3.63, 3.8) is 0 Å². The number of benzene rings is 2. The molecule has 0 heterocycles. The summed E-state index contributed by atoms with van der Waals surface area (Å²) in [6.45, 7) is 2.05. The van der Waals surface area contributed by atoms with Gasteiger partial charge in [0.15, 0.2) is 0 Å². The highest BCUT2D eigenvalue weighted by Gasteiger charge is 2.16. The quantitative estimate of drug-likeness (QED) is 0.861. The van der Waals surface area contributed by atoms with E-state index in [1.807, 2.05) is 19.2 Å². The predicted octanol–water partition coefficient (Wildman–Crippen LogP) is 4.41. The van der Waals surface area contributed by atoms with Crippen molar-refractivity contribution in [2.75, 3.05) is 14.2 Å². The third kappa shape index (κ3) is 3.83. The maximum Gasteiger partial charge on any atom is 0.123 e. The van der Waals surface area contributed by atoms with Gasteiger partial charge in [0.05, 0.1) is 7.11 Å². The number of hydrogen-bond acceptors (Lipinski definition) is 2. The van der Waals surface area contributed by atoms with Gasteiger partial charge in [0.25, 0.3) is 0 Å². The van der Waals surface area contributed by atoms with E-state index in [-0.39, 0.29) is 11.9 Å². The van der Waals surface area contributed by atoms with Crippen LogP contribution in [0.15, 0.2) is 40.9 Å². The fourth-order valence-electron chi connectivity index (χ4n) is 2.44. The van der Waals surface area contributed by atoms with Crippen LogP contribution in [0.25, 0.3) is 0 Å². The molecule has 0 fully saturated rings. The Balaban J connectivity index is 2.35. The number of aryl methyl sites for hydroxylation is 1. The molecule has 0 aromatic heterocycles. The van der Waals surface area contributed by atoms with Crippen LogP contribution in [0.4, 0.5) is 4.39 Å². The largest absolute Gasteiger partial charge is 0.496 e. The normalized spacial score (nSPS) is 12.2. The van der Waals surface area contributed by atoms with Gasteiger partial charge in [-0.05, 0) is 55.8 Å². The molecule has 1 atom stereocenters. The molecule has 1 unspecified atom stereocenters. The Kier molecular flexibility index (Phi) is 5.37. The lowest BCUT2D eigenvalue weighted by molar-refractivity contribution is 0.406. The first-order chi connectivity index (χ1) is 10.0. The topological polar surface area (TPSA) is 21.3 Å². The predicted molar refractivity (Wildman–Crippen MR) is 87.3 cm³/mol. The summed E-state index contributed by atoms with van der Waals surface area (Å²) in [4.78, 5) is 0. The Labute approximate surface area is 133 Å². The van der Waals surface area contributed by atoms with Crippen LogP contribution in [0.2, 0.25) is 0 Å². The highest BCUT2D eigenvalue weighted by Crippen LogP contribution is 2.30. The third-order valence-electron chi connectivity index (χ3n) is 3.54. The summed E-state index contributed by atoms with van der Waals surface area (Å²) in [5, 5.41) is 3.25. The Morgan fingerprint density at radius 2 is 2.00 bits per heavy atom. The van der Waals surface area contributed by atoms with Gasteiger partial charge in [0.2, 0.25) is 0 Å². The van der Waals surface area contributed by atoms with E-state index in [1.54, 1.807) is 19.2 Å². The van der Waals surface area contributed by atoms with E-state index >= 15 is 0 Å². The number of hydrogen-bond donors (Lipinski definition) is 1. The van der Waals surface area contributed by atoms with Gasteiger partial charge in [-0.15, -0.1) is 0 Å². The van der Waals surface area contributed by atoms with Crippen molar-refractivity contribution < 1.29 is 9.13 Å². The van der Waals surface area contributed by atoms with Gasteiger partial charge in [-0.1, -0.05) is 33.6 Å². The fraction of sp³-hybridized carbons (Fsp3) is 0.294. The summed E-state index contributed by atoms with van der Waals surface area (Å²) in [6, 6.07) is 10.9. The molecule has 112 valence electrons. The Morgan fingerprint density at radius 3 is 2.67 bits per heavy atom. The monoisotopic (exact) mass is 351 g/mol. The van der Waals surface area contributed by atoms with E-state index in [1.165, 1.54) is 11.6 Å². The molecule has 2 rings (SSSR count). The van der Waals surface area contributed by atoms with E-state index in [4.69, 9.17) is 4.74 Å². The molecule has 0 spiro atoms. The maximum atomic E-state index is 13.5. The summed E-state index contributed by atoms with van der Waals surface area (Å²) < 4.78 is 19.8. The molecule has 2 aromatic rings. The smallest absolute Gasteiger partial charge is 0.123 e. The number of likely N-dealkylation sites (N-methyl/N-ethyl adjacent to an activating group) is 1. The number of rotatable bonds is 5. The minimum atomic E-state index is -0.232. The molecule has 0 amide bonds. The van der Waals surface area contributed by atoms with Gasteiger partial charge in [-0.3, -0.25) is 0 Å². The van der Waals surface area contributed by atoms with Crippen LogP contribution in [-0.4, -0.2) is 14.2 Å². The Hall–Kier alpha value is -1.39. The van der Waals surface area contributed by atoms with Crippen molar-refractivity contribution >= 4 is 15.9 Å². The van der Waals surface area contributed by atoms with Gasteiger partial charge < -0.3 is 10.1 Å². The summed E-state index contributed by atoms with van der Waals surface area (Å²) in [7, 11) is 3.55. The van der Waals surface area contributed by atoms with Crippen molar-refractivity contribution in [2.45, 2.75) is 19.4 Å². The minimum absolute atomic E-state index is 0.00535. The lowest BCUT2D eigenvalue weighted by Gasteiger charge is -2.20. The molecule has 2 aromatic carbocycles. The van der Waals surface area contributed by atoms with E-state index in [9.17, 15) is 4.39 Å². The molecular formula is C17H19BrFNO. The molecule has 0 radical (unpaired) electrons. The van der Waals surface area contributed by atoms with Crippen molar-refractivity contribution in [3.05, 3.63) is 63.4 Å². The van der Waals surface area contributed by atoms with Crippen molar-refractivity contribution in [3.8, 4) is 5.75 Å². The Morgan fingerprint density at radius 1 is 1.24 bits per heavy atom. The molecule has 2 nitrogen and oxygen atoms in total. The molecule has 4 heteroatoms. The SMILES string of the molecule is CNC(Cc1cc(C)ccc1OC)c1cc(F)ccc1Br. The molecule has 1 N–H and O–H groups in total.